The van der Waals surface area contributed by atoms with Crippen LogP contribution in [0, 0.1) is 11.6 Å². The van der Waals surface area contributed by atoms with Crippen LogP contribution in [0.4, 0.5) is 8.78 Å². The number of rotatable bonds is 4. The van der Waals surface area contributed by atoms with E-state index in [0.29, 0.717) is 5.75 Å². The third-order valence-electron chi connectivity index (χ3n) is 3.24. The van der Waals surface area contributed by atoms with Gasteiger partial charge in [0, 0.05) is 11.6 Å². The van der Waals surface area contributed by atoms with Crippen molar-refractivity contribution in [1.82, 2.24) is 14.1 Å². The highest BCUT2D eigenvalue weighted by atomic mass is 32.2. The van der Waals surface area contributed by atoms with Gasteiger partial charge in [0.2, 0.25) is 0 Å². The first kappa shape index (κ1) is 18.4. The normalized spacial score (nSPS) is 11.8. The smallest absolute Gasteiger partial charge is 0.268 e. The maximum atomic E-state index is 13.4. The van der Waals surface area contributed by atoms with Crippen molar-refractivity contribution in [2.45, 2.75) is 44.9 Å². The molecular weight excluding hydrogens is 336 g/mol. The molecule has 2 rings (SSSR count). The largest absolute Gasteiger partial charge is 0.354 e. The second-order valence-electron chi connectivity index (χ2n) is 6.26. The molecule has 0 unspecified atom stereocenters. The molecule has 24 heavy (non-hydrogen) atoms. The Morgan fingerprint density at radius 1 is 1.12 bits per heavy atom. The lowest BCUT2D eigenvalue weighted by Gasteiger charge is -2.22. The Hall–Kier alpha value is -1.96. The fourth-order valence-electron chi connectivity index (χ4n) is 2.31. The Balaban J connectivity index is 2.66. The lowest BCUT2D eigenvalue weighted by Crippen LogP contribution is -2.49. The van der Waals surface area contributed by atoms with Gasteiger partial charge in [-0.3, -0.25) is 4.57 Å². The topological polar surface area (TPSA) is 56.9 Å². The zero-order chi connectivity index (χ0) is 18.1. The van der Waals surface area contributed by atoms with E-state index in [1.807, 2.05) is 6.92 Å². The molecule has 0 spiro atoms. The van der Waals surface area contributed by atoms with Gasteiger partial charge in [-0.1, -0.05) is 18.7 Å². The lowest BCUT2D eigenvalue weighted by molar-refractivity contribution is 0.336. The van der Waals surface area contributed by atoms with Crippen molar-refractivity contribution in [1.29, 1.82) is 0 Å². The first-order chi connectivity index (χ1) is 11.1. The Labute approximate surface area is 142 Å². The minimum absolute atomic E-state index is 0.0702. The van der Waals surface area contributed by atoms with Crippen LogP contribution in [0.1, 0.15) is 33.3 Å². The van der Waals surface area contributed by atoms with Crippen molar-refractivity contribution in [2.75, 3.05) is 5.75 Å². The highest BCUT2D eigenvalue weighted by Crippen LogP contribution is 2.16. The van der Waals surface area contributed by atoms with E-state index in [2.05, 4.69) is 4.98 Å². The molecule has 1 aromatic heterocycles. The van der Waals surface area contributed by atoms with Crippen LogP contribution in [0.15, 0.2) is 32.9 Å². The summed E-state index contributed by atoms with van der Waals surface area (Å²) < 4.78 is 29.1. The first-order valence-electron chi connectivity index (χ1n) is 7.45. The number of hydrogen-bond donors (Lipinski definition) is 0. The van der Waals surface area contributed by atoms with Gasteiger partial charge in [0.05, 0.1) is 6.54 Å². The number of hydrogen-bond acceptors (Lipinski definition) is 4. The predicted molar refractivity (Wildman–Crippen MR) is 89.6 cm³/mol. The maximum absolute atomic E-state index is 13.4. The molecule has 0 atom stereocenters. The summed E-state index contributed by atoms with van der Waals surface area (Å²) in [6.07, 6.45) is 0. The van der Waals surface area contributed by atoms with Crippen molar-refractivity contribution >= 4 is 11.8 Å². The highest BCUT2D eigenvalue weighted by Gasteiger charge is 2.22. The maximum Gasteiger partial charge on any atom is 0.354 e. The summed E-state index contributed by atoms with van der Waals surface area (Å²) in [6, 6.07) is 3.08. The Morgan fingerprint density at radius 3 is 2.21 bits per heavy atom. The summed E-state index contributed by atoms with van der Waals surface area (Å²) in [6.45, 7) is 6.94. The molecule has 0 saturated heterocycles. The number of thioether (sulfide) groups is 1. The third kappa shape index (κ3) is 3.92. The average molecular weight is 355 g/mol. The van der Waals surface area contributed by atoms with Gasteiger partial charge in [-0.15, -0.1) is 0 Å². The minimum atomic E-state index is -0.758. The standard InChI is InChI=1S/C16H19F2N3O2S/c1-5-24-14-19-13(22)21(16(2,3)4)15(23)20(14)9-10-6-11(17)8-12(18)7-10/h6-8H,5,9H2,1-4H3. The molecule has 130 valence electrons. The van der Waals surface area contributed by atoms with Crippen LogP contribution in [0.2, 0.25) is 0 Å². The molecule has 1 heterocycles. The van der Waals surface area contributed by atoms with Crippen LogP contribution in [-0.4, -0.2) is 19.9 Å². The summed E-state index contributed by atoms with van der Waals surface area (Å²) in [7, 11) is 0. The zero-order valence-electron chi connectivity index (χ0n) is 14.0. The van der Waals surface area contributed by atoms with E-state index in [-0.39, 0.29) is 17.3 Å². The van der Waals surface area contributed by atoms with Crippen molar-refractivity contribution < 1.29 is 8.78 Å². The molecule has 8 heteroatoms. The van der Waals surface area contributed by atoms with Crippen LogP contribution in [0.5, 0.6) is 0 Å². The third-order valence-corrected chi connectivity index (χ3v) is 4.10. The van der Waals surface area contributed by atoms with Crippen LogP contribution >= 0.6 is 11.8 Å². The van der Waals surface area contributed by atoms with Crippen molar-refractivity contribution in [3.05, 3.63) is 56.4 Å². The number of aromatic nitrogens is 3. The number of halogens is 2. The molecule has 0 saturated carbocycles. The van der Waals surface area contributed by atoms with Crippen molar-refractivity contribution in [3.8, 4) is 0 Å². The predicted octanol–water partition coefficient (Wildman–Crippen LogP) is 2.60. The zero-order valence-corrected chi connectivity index (χ0v) is 14.8. The highest BCUT2D eigenvalue weighted by molar-refractivity contribution is 7.99. The van der Waals surface area contributed by atoms with Gasteiger partial charge < -0.3 is 0 Å². The average Bonchev–Trinajstić information content (AvgIpc) is 2.40. The molecule has 5 nitrogen and oxygen atoms in total. The molecule has 2 aromatic rings. The molecule has 0 fully saturated rings. The Bertz CT molecular complexity index is 849. The van der Waals surface area contributed by atoms with Crippen LogP contribution in [0.25, 0.3) is 0 Å². The van der Waals surface area contributed by atoms with E-state index in [1.54, 1.807) is 20.8 Å². The quantitative estimate of drug-likeness (QED) is 0.791. The summed E-state index contributed by atoms with van der Waals surface area (Å²) >= 11 is 1.23. The fraction of sp³-hybridized carbons (Fsp3) is 0.438. The molecule has 0 N–H and O–H groups in total. The number of benzene rings is 1. The van der Waals surface area contributed by atoms with Crippen molar-refractivity contribution in [3.63, 3.8) is 0 Å². The fourth-order valence-corrected chi connectivity index (χ4v) is 3.01. The second kappa shape index (κ2) is 6.88. The monoisotopic (exact) mass is 355 g/mol. The van der Waals surface area contributed by atoms with E-state index < -0.39 is 28.6 Å². The summed E-state index contributed by atoms with van der Waals surface area (Å²) in [5.74, 6) is -0.845. The summed E-state index contributed by atoms with van der Waals surface area (Å²) in [5, 5.41) is 0.234. The van der Waals surface area contributed by atoms with Gasteiger partial charge in [-0.05, 0) is 44.2 Å². The molecule has 0 aliphatic heterocycles. The molecule has 0 bridgehead atoms. The van der Waals surface area contributed by atoms with Gasteiger partial charge in [-0.2, -0.15) is 4.98 Å². The first-order valence-corrected chi connectivity index (χ1v) is 8.44. The summed E-state index contributed by atoms with van der Waals surface area (Å²) in [4.78, 5) is 29.0. The van der Waals surface area contributed by atoms with Crippen LogP contribution in [0.3, 0.4) is 0 Å². The van der Waals surface area contributed by atoms with Crippen LogP contribution < -0.4 is 11.4 Å². The Kier molecular flexibility index (Phi) is 5.27. The SMILES string of the molecule is CCSc1nc(=O)n(C(C)(C)C)c(=O)n1Cc1cc(F)cc(F)c1. The van der Waals surface area contributed by atoms with E-state index >= 15 is 0 Å². The number of nitrogens with zero attached hydrogens (tertiary/aromatic N) is 3. The molecular formula is C16H19F2N3O2S. The van der Waals surface area contributed by atoms with E-state index in [1.165, 1.54) is 16.3 Å². The minimum Gasteiger partial charge on any atom is -0.268 e. The van der Waals surface area contributed by atoms with Gasteiger partial charge >= 0.3 is 11.4 Å². The summed E-state index contributed by atoms with van der Waals surface area (Å²) in [5.41, 5.74) is -1.66. The lowest BCUT2D eigenvalue weighted by atomic mass is 10.1. The van der Waals surface area contributed by atoms with Crippen molar-refractivity contribution in [2.24, 2.45) is 0 Å². The molecule has 0 radical (unpaired) electrons. The van der Waals surface area contributed by atoms with Gasteiger partial charge in [-0.25, -0.2) is 22.9 Å². The van der Waals surface area contributed by atoms with Gasteiger partial charge in [0.1, 0.15) is 11.6 Å². The van der Waals surface area contributed by atoms with E-state index in [0.717, 1.165) is 22.8 Å². The molecule has 0 amide bonds. The second-order valence-corrected chi connectivity index (χ2v) is 7.49. The van der Waals surface area contributed by atoms with Crippen LogP contribution in [-0.2, 0) is 12.1 Å². The van der Waals surface area contributed by atoms with Gasteiger partial charge in [0.25, 0.3) is 0 Å². The van der Waals surface area contributed by atoms with E-state index in [9.17, 15) is 18.4 Å². The molecule has 0 aliphatic rings. The van der Waals surface area contributed by atoms with Gasteiger partial charge in [0.15, 0.2) is 5.16 Å². The Morgan fingerprint density at radius 2 is 1.71 bits per heavy atom. The molecule has 0 aliphatic carbocycles. The molecule has 1 aromatic carbocycles. The van der Waals surface area contributed by atoms with E-state index in [4.69, 9.17) is 0 Å².